The Kier molecular flexibility index (Phi) is 11.1. The SMILES string of the molecule is CCCCCCCCC#Cc1ccc(CN(Cc2cccc(Cl)c2)OC(C)=O)cc1. The summed E-state index contributed by atoms with van der Waals surface area (Å²) in [6, 6.07) is 15.7. The maximum Gasteiger partial charge on any atom is 0.322 e. The van der Waals surface area contributed by atoms with Crippen LogP contribution < -0.4 is 0 Å². The van der Waals surface area contributed by atoms with E-state index < -0.39 is 0 Å². The molecule has 0 saturated heterocycles. The van der Waals surface area contributed by atoms with E-state index in [1.54, 1.807) is 5.06 Å². The quantitative estimate of drug-likeness (QED) is 0.222. The highest BCUT2D eigenvalue weighted by atomic mass is 35.5. The molecule has 0 spiro atoms. The topological polar surface area (TPSA) is 29.5 Å². The molecule has 0 amide bonds. The van der Waals surface area contributed by atoms with Gasteiger partial charge >= 0.3 is 5.97 Å². The highest BCUT2D eigenvalue weighted by Crippen LogP contribution is 2.15. The first kappa shape index (κ1) is 24.0. The van der Waals surface area contributed by atoms with E-state index in [4.69, 9.17) is 16.4 Å². The summed E-state index contributed by atoms with van der Waals surface area (Å²) < 4.78 is 0. The molecule has 0 aliphatic carbocycles. The fraction of sp³-hybridized carbons (Fsp3) is 0.423. The van der Waals surface area contributed by atoms with Crippen LogP contribution in [0.4, 0.5) is 0 Å². The zero-order valence-electron chi connectivity index (χ0n) is 18.1. The van der Waals surface area contributed by atoms with E-state index in [0.29, 0.717) is 18.1 Å². The first-order valence-electron chi connectivity index (χ1n) is 10.8. The number of hydrogen-bond donors (Lipinski definition) is 0. The molecule has 0 aliphatic rings. The van der Waals surface area contributed by atoms with Gasteiger partial charge in [0.15, 0.2) is 0 Å². The van der Waals surface area contributed by atoms with Gasteiger partial charge < -0.3 is 4.84 Å². The summed E-state index contributed by atoms with van der Waals surface area (Å²) in [5.74, 6) is 6.18. The van der Waals surface area contributed by atoms with Crippen LogP contribution in [0.2, 0.25) is 5.02 Å². The molecule has 0 heterocycles. The third-order valence-corrected chi connectivity index (χ3v) is 4.94. The predicted molar refractivity (Wildman–Crippen MR) is 124 cm³/mol. The minimum Gasteiger partial charge on any atom is -0.368 e. The molecule has 0 fully saturated rings. The summed E-state index contributed by atoms with van der Waals surface area (Å²) in [6.07, 6.45) is 8.68. The summed E-state index contributed by atoms with van der Waals surface area (Å²) in [7, 11) is 0. The Morgan fingerprint density at radius 1 is 0.967 bits per heavy atom. The molecular formula is C26H32ClNO2. The van der Waals surface area contributed by atoms with E-state index in [-0.39, 0.29) is 5.97 Å². The lowest BCUT2D eigenvalue weighted by Gasteiger charge is -2.20. The van der Waals surface area contributed by atoms with Gasteiger partial charge in [0.05, 0.1) is 13.1 Å². The van der Waals surface area contributed by atoms with E-state index in [0.717, 1.165) is 23.1 Å². The van der Waals surface area contributed by atoms with E-state index in [2.05, 4.69) is 18.8 Å². The van der Waals surface area contributed by atoms with E-state index in [1.807, 2.05) is 48.5 Å². The van der Waals surface area contributed by atoms with Gasteiger partial charge in [0, 0.05) is 23.9 Å². The Labute approximate surface area is 186 Å². The fourth-order valence-electron chi connectivity index (χ4n) is 3.20. The van der Waals surface area contributed by atoms with Crippen molar-refractivity contribution in [3.05, 3.63) is 70.2 Å². The molecule has 0 atom stereocenters. The van der Waals surface area contributed by atoms with Crippen molar-refractivity contribution < 1.29 is 9.63 Å². The van der Waals surface area contributed by atoms with Crippen molar-refractivity contribution in [3.8, 4) is 11.8 Å². The van der Waals surface area contributed by atoms with Crippen molar-refractivity contribution in [3.63, 3.8) is 0 Å². The zero-order chi connectivity index (χ0) is 21.6. The molecule has 160 valence electrons. The minimum atomic E-state index is -0.339. The van der Waals surface area contributed by atoms with Crippen LogP contribution >= 0.6 is 11.6 Å². The average Bonchev–Trinajstić information content (AvgIpc) is 2.71. The molecule has 0 bridgehead atoms. The molecule has 30 heavy (non-hydrogen) atoms. The molecule has 0 N–H and O–H groups in total. The Balaban J connectivity index is 1.86. The van der Waals surface area contributed by atoms with Crippen LogP contribution in [0.1, 0.15) is 75.5 Å². The lowest BCUT2D eigenvalue weighted by molar-refractivity contribution is -0.194. The molecule has 2 rings (SSSR count). The second-order valence-corrected chi connectivity index (χ2v) is 7.96. The van der Waals surface area contributed by atoms with Crippen LogP contribution in [-0.2, 0) is 22.7 Å². The molecule has 3 nitrogen and oxygen atoms in total. The highest BCUT2D eigenvalue weighted by molar-refractivity contribution is 6.30. The first-order chi connectivity index (χ1) is 14.6. The van der Waals surface area contributed by atoms with Gasteiger partial charge in [-0.25, -0.2) is 0 Å². The standard InChI is InChI=1S/C26H32ClNO2/c1-3-4-5-6-7-8-9-10-12-23-15-17-24(18-16-23)20-28(30-22(2)29)21-25-13-11-14-26(27)19-25/h11,13-19H,3-9,20-21H2,1-2H3. The molecule has 2 aromatic rings. The van der Waals surface area contributed by atoms with Crippen LogP contribution in [0.25, 0.3) is 0 Å². The van der Waals surface area contributed by atoms with Gasteiger partial charge in [0.25, 0.3) is 0 Å². The molecule has 4 heteroatoms. The molecule has 0 aliphatic heterocycles. The predicted octanol–water partition coefficient (Wildman–Crippen LogP) is 6.92. The lowest BCUT2D eigenvalue weighted by Crippen LogP contribution is -2.25. The van der Waals surface area contributed by atoms with Gasteiger partial charge in [-0.2, -0.15) is 0 Å². The smallest absolute Gasteiger partial charge is 0.322 e. The van der Waals surface area contributed by atoms with Crippen LogP contribution in [0, 0.1) is 11.8 Å². The highest BCUT2D eigenvalue weighted by Gasteiger charge is 2.11. The molecular weight excluding hydrogens is 394 g/mol. The molecule has 0 unspecified atom stereocenters. The van der Waals surface area contributed by atoms with Gasteiger partial charge in [-0.15, -0.1) is 5.06 Å². The summed E-state index contributed by atoms with van der Waals surface area (Å²) in [5.41, 5.74) is 3.05. The molecule has 0 saturated carbocycles. The number of rotatable bonds is 11. The van der Waals surface area contributed by atoms with Gasteiger partial charge in [-0.3, -0.25) is 4.79 Å². The number of hydroxylamine groups is 2. The molecule has 0 aromatic heterocycles. The fourth-order valence-corrected chi connectivity index (χ4v) is 3.41. The second-order valence-electron chi connectivity index (χ2n) is 7.53. The maximum absolute atomic E-state index is 11.5. The number of hydrogen-bond acceptors (Lipinski definition) is 3. The van der Waals surface area contributed by atoms with Gasteiger partial charge in [0.1, 0.15) is 0 Å². The molecule has 2 aromatic carbocycles. The Bertz CT molecular complexity index is 836. The first-order valence-corrected chi connectivity index (χ1v) is 11.2. The number of benzene rings is 2. The van der Waals surface area contributed by atoms with Crippen LogP contribution in [0.3, 0.4) is 0 Å². The second kappa shape index (κ2) is 13.9. The largest absolute Gasteiger partial charge is 0.368 e. The number of halogens is 1. The van der Waals surface area contributed by atoms with Gasteiger partial charge in [-0.05, 0) is 41.8 Å². The Morgan fingerprint density at radius 3 is 2.37 bits per heavy atom. The summed E-state index contributed by atoms with van der Waals surface area (Å²) in [6.45, 7) is 4.62. The summed E-state index contributed by atoms with van der Waals surface area (Å²) in [5, 5.41) is 2.31. The minimum absolute atomic E-state index is 0.339. The van der Waals surface area contributed by atoms with Crippen LogP contribution in [0.15, 0.2) is 48.5 Å². The number of carbonyl (C=O) groups is 1. The maximum atomic E-state index is 11.5. The van der Waals surface area contributed by atoms with Crippen molar-refractivity contribution >= 4 is 17.6 Å². The van der Waals surface area contributed by atoms with Gasteiger partial charge in [0.2, 0.25) is 0 Å². The Hall–Kier alpha value is -2.28. The van der Waals surface area contributed by atoms with E-state index in [9.17, 15) is 4.79 Å². The Morgan fingerprint density at radius 2 is 1.67 bits per heavy atom. The van der Waals surface area contributed by atoms with Crippen LogP contribution in [0.5, 0.6) is 0 Å². The number of unbranched alkanes of at least 4 members (excludes halogenated alkanes) is 6. The number of carbonyl (C=O) groups excluding carboxylic acids is 1. The zero-order valence-corrected chi connectivity index (χ0v) is 18.9. The van der Waals surface area contributed by atoms with Crippen molar-refractivity contribution in [1.29, 1.82) is 0 Å². The molecule has 0 radical (unpaired) electrons. The third kappa shape index (κ3) is 9.96. The third-order valence-electron chi connectivity index (χ3n) is 4.71. The van der Waals surface area contributed by atoms with Crippen molar-refractivity contribution in [2.75, 3.05) is 0 Å². The van der Waals surface area contributed by atoms with Gasteiger partial charge in [-0.1, -0.05) is 86.7 Å². The average molecular weight is 426 g/mol. The van der Waals surface area contributed by atoms with Crippen molar-refractivity contribution in [2.24, 2.45) is 0 Å². The monoisotopic (exact) mass is 425 g/mol. The van der Waals surface area contributed by atoms with E-state index >= 15 is 0 Å². The van der Waals surface area contributed by atoms with Crippen molar-refractivity contribution in [2.45, 2.75) is 71.9 Å². The normalized spacial score (nSPS) is 10.5. The lowest BCUT2D eigenvalue weighted by atomic mass is 10.1. The summed E-state index contributed by atoms with van der Waals surface area (Å²) >= 11 is 6.06. The van der Waals surface area contributed by atoms with Crippen molar-refractivity contribution in [1.82, 2.24) is 5.06 Å². The number of nitrogens with zero attached hydrogens (tertiary/aromatic N) is 1. The van der Waals surface area contributed by atoms with E-state index in [1.165, 1.54) is 45.4 Å². The van der Waals surface area contributed by atoms with Crippen LogP contribution in [-0.4, -0.2) is 11.0 Å². The summed E-state index contributed by atoms with van der Waals surface area (Å²) in [4.78, 5) is 16.9.